The molecule has 18 heavy (non-hydrogen) atoms. The first-order valence-electron chi connectivity index (χ1n) is 6.19. The molecule has 0 radical (unpaired) electrons. The Kier molecular flexibility index (Phi) is 2.63. The van der Waals surface area contributed by atoms with Crippen LogP contribution in [0.25, 0.3) is 11.1 Å². The molecule has 2 heteroatoms. The van der Waals surface area contributed by atoms with Crippen molar-refractivity contribution in [3.63, 3.8) is 0 Å². The first kappa shape index (κ1) is 11.0. The molecule has 0 atom stereocenters. The Labute approximate surface area is 107 Å². The molecule has 2 aromatic rings. The molecule has 0 bridgehead atoms. The number of benzene rings is 2. The summed E-state index contributed by atoms with van der Waals surface area (Å²) >= 11 is 0. The second-order valence-corrected chi connectivity index (χ2v) is 4.71. The number of carbonyl (C=O) groups excluding carboxylic acids is 1. The summed E-state index contributed by atoms with van der Waals surface area (Å²) in [5.74, 6) is 0.135. The third-order valence-electron chi connectivity index (χ3n) is 3.51. The third-order valence-corrected chi connectivity index (χ3v) is 3.51. The lowest BCUT2D eigenvalue weighted by Gasteiger charge is -2.25. The van der Waals surface area contributed by atoms with Gasteiger partial charge in [-0.1, -0.05) is 42.5 Å². The van der Waals surface area contributed by atoms with Crippen molar-refractivity contribution >= 4 is 5.91 Å². The van der Waals surface area contributed by atoms with Crippen LogP contribution in [0.3, 0.4) is 0 Å². The highest BCUT2D eigenvalue weighted by Crippen LogP contribution is 2.25. The summed E-state index contributed by atoms with van der Waals surface area (Å²) in [5, 5.41) is 0. The molecular formula is C16H15NO. The van der Waals surface area contributed by atoms with Gasteiger partial charge in [0.2, 0.25) is 0 Å². The molecule has 2 aromatic carbocycles. The number of fused-ring (bicyclic) bond motifs is 1. The molecule has 0 aromatic heterocycles. The predicted octanol–water partition coefficient (Wildman–Crippen LogP) is 2.98. The van der Waals surface area contributed by atoms with Gasteiger partial charge in [-0.05, 0) is 29.2 Å². The summed E-state index contributed by atoms with van der Waals surface area (Å²) in [5.41, 5.74) is 4.40. The van der Waals surface area contributed by atoms with E-state index in [-0.39, 0.29) is 5.91 Å². The van der Waals surface area contributed by atoms with Crippen LogP contribution in [0.4, 0.5) is 0 Å². The topological polar surface area (TPSA) is 20.3 Å². The molecule has 2 nitrogen and oxygen atoms in total. The maximum absolute atomic E-state index is 12.0. The minimum absolute atomic E-state index is 0.135. The summed E-state index contributed by atoms with van der Waals surface area (Å²) in [6.45, 7) is 0.810. The van der Waals surface area contributed by atoms with Gasteiger partial charge in [0.15, 0.2) is 0 Å². The van der Waals surface area contributed by atoms with E-state index in [0.717, 1.165) is 18.5 Å². The van der Waals surface area contributed by atoms with Gasteiger partial charge >= 0.3 is 0 Å². The number of hydrogen-bond acceptors (Lipinski definition) is 1. The molecule has 1 aliphatic rings. The van der Waals surface area contributed by atoms with Gasteiger partial charge in [0, 0.05) is 19.2 Å². The number of nitrogens with zero attached hydrogens (tertiary/aromatic N) is 1. The molecule has 0 unspecified atom stereocenters. The van der Waals surface area contributed by atoms with E-state index in [2.05, 4.69) is 18.2 Å². The first-order valence-corrected chi connectivity index (χ1v) is 6.19. The average molecular weight is 237 g/mol. The molecule has 0 N–H and O–H groups in total. The normalized spacial score (nSPS) is 14.5. The van der Waals surface area contributed by atoms with Crippen LogP contribution >= 0.6 is 0 Å². The number of amides is 1. The Balaban J connectivity index is 2.05. The molecule has 0 fully saturated rings. The molecule has 90 valence electrons. The van der Waals surface area contributed by atoms with Crippen LogP contribution in [0, 0.1) is 0 Å². The van der Waals surface area contributed by atoms with Crippen molar-refractivity contribution < 1.29 is 4.79 Å². The molecular weight excluding hydrogens is 222 g/mol. The predicted molar refractivity (Wildman–Crippen MR) is 72.5 cm³/mol. The second kappa shape index (κ2) is 4.30. The molecule has 0 saturated carbocycles. The van der Waals surface area contributed by atoms with Crippen molar-refractivity contribution in [2.45, 2.75) is 6.42 Å². The lowest BCUT2D eigenvalue weighted by molar-refractivity contribution is 0.0781. The van der Waals surface area contributed by atoms with Gasteiger partial charge in [0.25, 0.3) is 5.91 Å². The van der Waals surface area contributed by atoms with Crippen LogP contribution in [0.2, 0.25) is 0 Å². The maximum atomic E-state index is 12.0. The van der Waals surface area contributed by atoms with E-state index < -0.39 is 0 Å². The maximum Gasteiger partial charge on any atom is 0.253 e. The van der Waals surface area contributed by atoms with Crippen LogP contribution in [-0.4, -0.2) is 24.4 Å². The fraction of sp³-hybridized carbons (Fsp3) is 0.188. The van der Waals surface area contributed by atoms with Gasteiger partial charge in [-0.3, -0.25) is 4.79 Å². The Morgan fingerprint density at radius 1 is 1.00 bits per heavy atom. The highest BCUT2D eigenvalue weighted by atomic mass is 16.2. The first-order chi connectivity index (χ1) is 8.75. The van der Waals surface area contributed by atoms with Crippen molar-refractivity contribution in [1.29, 1.82) is 0 Å². The van der Waals surface area contributed by atoms with Crippen LogP contribution in [0.15, 0.2) is 48.5 Å². The van der Waals surface area contributed by atoms with Crippen LogP contribution in [0.1, 0.15) is 15.9 Å². The Morgan fingerprint density at radius 2 is 1.78 bits per heavy atom. The summed E-state index contributed by atoms with van der Waals surface area (Å²) in [6.07, 6.45) is 0.943. The number of hydrogen-bond donors (Lipinski definition) is 0. The van der Waals surface area contributed by atoms with E-state index in [9.17, 15) is 4.79 Å². The van der Waals surface area contributed by atoms with Gasteiger partial charge < -0.3 is 4.90 Å². The molecule has 0 saturated heterocycles. The summed E-state index contributed by atoms with van der Waals surface area (Å²) in [4.78, 5) is 13.8. The standard InChI is InChI=1S/C16H15NO/c1-17-10-9-14-11-13(7-8-15(14)16(17)18)12-5-3-2-4-6-12/h2-8,11H,9-10H2,1H3. The van der Waals surface area contributed by atoms with Crippen molar-refractivity contribution in [1.82, 2.24) is 4.90 Å². The number of likely N-dealkylation sites (N-methyl/N-ethyl adjacent to an activating group) is 1. The Morgan fingerprint density at radius 3 is 2.56 bits per heavy atom. The van der Waals surface area contributed by atoms with E-state index >= 15 is 0 Å². The second-order valence-electron chi connectivity index (χ2n) is 4.71. The van der Waals surface area contributed by atoms with Gasteiger partial charge in [0.05, 0.1) is 0 Å². The van der Waals surface area contributed by atoms with Crippen LogP contribution in [-0.2, 0) is 6.42 Å². The smallest absolute Gasteiger partial charge is 0.253 e. The monoisotopic (exact) mass is 237 g/mol. The summed E-state index contributed by atoms with van der Waals surface area (Å²) in [7, 11) is 1.86. The SMILES string of the molecule is CN1CCc2cc(-c3ccccc3)ccc2C1=O. The van der Waals surface area contributed by atoms with Gasteiger partial charge in [0.1, 0.15) is 0 Å². The van der Waals surface area contributed by atoms with E-state index in [1.165, 1.54) is 16.7 Å². The molecule has 1 aliphatic heterocycles. The molecule has 1 heterocycles. The van der Waals surface area contributed by atoms with Crippen molar-refractivity contribution in [3.05, 3.63) is 59.7 Å². The van der Waals surface area contributed by atoms with Crippen molar-refractivity contribution in [3.8, 4) is 11.1 Å². The summed E-state index contributed by atoms with van der Waals surface area (Å²) < 4.78 is 0. The lowest BCUT2D eigenvalue weighted by Crippen LogP contribution is -2.34. The quantitative estimate of drug-likeness (QED) is 0.746. The largest absolute Gasteiger partial charge is 0.341 e. The van der Waals surface area contributed by atoms with E-state index in [1.54, 1.807) is 4.90 Å². The zero-order valence-electron chi connectivity index (χ0n) is 10.4. The van der Waals surface area contributed by atoms with E-state index in [1.807, 2.05) is 37.4 Å². The van der Waals surface area contributed by atoms with Crippen LogP contribution in [0.5, 0.6) is 0 Å². The zero-order chi connectivity index (χ0) is 12.5. The minimum Gasteiger partial charge on any atom is -0.341 e. The van der Waals surface area contributed by atoms with Gasteiger partial charge in [-0.25, -0.2) is 0 Å². The fourth-order valence-corrected chi connectivity index (χ4v) is 2.41. The van der Waals surface area contributed by atoms with E-state index in [0.29, 0.717) is 0 Å². The van der Waals surface area contributed by atoms with Crippen molar-refractivity contribution in [2.75, 3.05) is 13.6 Å². The Bertz CT molecular complexity index is 589. The average Bonchev–Trinajstić information content (AvgIpc) is 2.44. The highest BCUT2D eigenvalue weighted by molar-refractivity contribution is 5.97. The molecule has 0 spiro atoms. The van der Waals surface area contributed by atoms with Crippen molar-refractivity contribution in [2.24, 2.45) is 0 Å². The van der Waals surface area contributed by atoms with Crippen LogP contribution < -0.4 is 0 Å². The number of carbonyl (C=O) groups is 1. The van der Waals surface area contributed by atoms with Gasteiger partial charge in [-0.2, -0.15) is 0 Å². The molecule has 1 amide bonds. The lowest BCUT2D eigenvalue weighted by atomic mass is 9.94. The zero-order valence-corrected chi connectivity index (χ0v) is 10.4. The molecule has 0 aliphatic carbocycles. The summed E-state index contributed by atoms with van der Waals surface area (Å²) in [6, 6.07) is 16.4. The Hall–Kier alpha value is -2.09. The number of rotatable bonds is 1. The third kappa shape index (κ3) is 1.80. The minimum atomic E-state index is 0.135. The highest BCUT2D eigenvalue weighted by Gasteiger charge is 2.21. The van der Waals surface area contributed by atoms with E-state index in [4.69, 9.17) is 0 Å². The van der Waals surface area contributed by atoms with Gasteiger partial charge in [-0.15, -0.1) is 0 Å². The fourth-order valence-electron chi connectivity index (χ4n) is 2.41. The molecule has 3 rings (SSSR count).